The molecule has 0 bridgehead atoms. The summed E-state index contributed by atoms with van der Waals surface area (Å²) in [5, 5.41) is 0. The van der Waals surface area contributed by atoms with Gasteiger partial charge in [-0.2, -0.15) is 0 Å². The molecule has 0 amide bonds. The molecule has 12 heavy (non-hydrogen) atoms. The highest BCUT2D eigenvalue weighted by molar-refractivity contribution is 9.38. The zero-order valence-corrected chi connectivity index (χ0v) is 9.86. The Balaban J connectivity index is 1.84. The van der Waals surface area contributed by atoms with Crippen LogP contribution in [-0.4, -0.2) is 35.5 Å². The monoisotopic (exact) mass is 250 g/mol. The maximum Gasteiger partial charge on any atom is 0.113 e. The third-order valence-electron chi connectivity index (χ3n) is 2.63. The summed E-state index contributed by atoms with van der Waals surface area (Å²) in [5.74, 6) is 0. The van der Waals surface area contributed by atoms with Crippen molar-refractivity contribution in [3.8, 4) is 0 Å². The Bertz CT molecular complexity index is 128. The number of halogens is 1. The van der Waals surface area contributed by atoms with Crippen molar-refractivity contribution in [1.82, 2.24) is 9.34 Å². The van der Waals surface area contributed by atoms with Crippen LogP contribution in [0.3, 0.4) is 0 Å². The maximum absolute atomic E-state index is 3.85. The zero-order valence-electron chi connectivity index (χ0n) is 7.38. The van der Waals surface area contributed by atoms with Gasteiger partial charge in [-0.3, -0.25) is 9.34 Å². The van der Waals surface area contributed by atoms with Gasteiger partial charge in [-0.1, -0.05) is 0 Å². The Morgan fingerprint density at radius 1 is 0.750 bits per heavy atom. The minimum atomic E-state index is -0.104. The van der Waals surface area contributed by atoms with Gasteiger partial charge in [0.2, 0.25) is 0 Å². The van der Waals surface area contributed by atoms with Gasteiger partial charge in [-0.25, -0.2) is 0 Å². The lowest BCUT2D eigenvalue weighted by atomic mass is 10.4. The summed E-state index contributed by atoms with van der Waals surface area (Å²) in [7, 11) is 0. The summed E-state index contributed by atoms with van der Waals surface area (Å²) in [6, 6.07) is 0. The Labute approximate surface area is 83.9 Å². The van der Waals surface area contributed by atoms with E-state index in [-0.39, 0.29) is 6.93 Å². The molecule has 4 heteroatoms. The van der Waals surface area contributed by atoms with E-state index in [0.29, 0.717) is 0 Å². The van der Waals surface area contributed by atoms with Gasteiger partial charge in [0.1, 0.15) is 6.93 Å². The van der Waals surface area contributed by atoms with Crippen LogP contribution in [0.5, 0.6) is 0 Å². The van der Waals surface area contributed by atoms with E-state index in [1.54, 1.807) is 0 Å². The third kappa shape index (κ3) is 2.01. The minimum absolute atomic E-state index is 0.104. The summed E-state index contributed by atoms with van der Waals surface area (Å²) < 4.78 is 5.22. The molecule has 2 heterocycles. The predicted octanol–water partition coefficient (Wildman–Crippen LogP) is 2.80. The molecule has 2 saturated heterocycles. The molecule has 0 atom stereocenters. The van der Waals surface area contributed by atoms with E-state index in [4.69, 9.17) is 0 Å². The first-order valence-electron chi connectivity index (χ1n) is 4.83. The average Bonchev–Trinajstić information content (AvgIpc) is 2.77. The summed E-state index contributed by atoms with van der Waals surface area (Å²) in [4.78, 5) is 0. The molecule has 2 fully saturated rings. The van der Waals surface area contributed by atoms with E-state index >= 15 is 0 Å². The molecule has 2 aliphatic rings. The molecule has 0 unspecified atom stereocenters. The summed E-state index contributed by atoms with van der Waals surface area (Å²) in [5.41, 5.74) is 0. The molecule has 2 rings (SSSR count). The smallest absolute Gasteiger partial charge is 0.113 e. The van der Waals surface area contributed by atoms with Crippen LogP contribution in [0, 0.1) is 0 Å². The van der Waals surface area contributed by atoms with Crippen LogP contribution in [0.4, 0.5) is 0 Å². The van der Waals surface area contributed by atoms with Gasteiger partial charge >= 0.3 is 0 Å². The second kappa shape index (κ2) is 4.36. The van der Waals surface area contributed by atoms with E-state index in [1.807, 2.05) is 0 Å². The fraction of sp³-hybridized carbons (Fsp3) is 1.00. The lowest BCUT2D eigenvalue weighted by Crippen LogP contribution is -2.21. The number of rotatable bonds is 2. The first kappa shape index (κ1) is 9.39. The van der Waals surface area contributed by atoms with Crippen molar-refractivity contribution in [2.75, 3.05) is 26.2 Å². The molecule has 0 aromatic rings. The van der Waals surface area contributed by atoms with E-state index in [9.17, 15) is 0 Å². The molecular formula is C8H16BrN2P. The van der Waals surface area contributed by atoms with Gasteiger partial charge in [0.05, 0.1) is 0 Å². The number of hydrogen-bond acceptors (Lipinski definition) is 2. The van der Waals surface area contributed by atoms with Crippen LogP contribution in [0.25, 0.3) is 0 Å². The molecule has 0 spiro atoms. The number of hydrogen-bond donors (Lipinski definition) is 0. The van der Waals surface area contributed by atoms with Gasteiger partial charge in [0, 0.05) is 26.2 Å². The van der Waals surface area contributed by atoms with Crippen LogP contribution in [-0.2, 0) is 0 Å². The Morgan fingerprint density at radius 3 is 1.42 bits per heavy atom. The SMILES string of the molecule is BrP(N1CCCC1)N1CCCC1. The molecule has 0 N–H and O–H groups in total. The van der Waals surface area contributed by atoms with Crippen LogP contribution in [0.15, 0.2) is 0 Å². The molecule has 2 nitrogen and oxygen atoms in total. The second-order valence-electron chi connectivity index (χ2n) is 3.56. The quantitative estimate of drug-likeness (QED) is 0.696. The Morgan fingerprint density at radius 2 is 1.08 bits per heavy atom. The number of nitrogens with zero attached hydrogens (tertiary/aromatic N) is 2. The summed E-state index contributed by atoms with van der Waals surface area (Å²) in [6.45, 7) is 5.15. The van der Waals surface area contributed by atoms with Gasteiger partial charge in [-0.15, -0.1) is 0 Å². The lowest BCUT2D eigenvalue weighted by molar-refractivity contribution is 0.489. The van der Waals surface area contributed by atoms with Crippen molar-refractivity contribution in [1.29, 1.82) is 0 Å². The second-order valence-corrected chi connectivity index (χ2v) is 7.08. The normalized spacial score (nSPS) is 27.5. The molecule has 0 aromatic carbocycles. The third-order valence-corrected chi connectivity index (χ3v) is 7.06. The Kier molecular flexibility index (Phi) is 3.41. The first-order valence-corrected chi connectivity index (χ1v) is 8.10. The molecular weight excluding hydrogens is 235 g/mol. The van der Waals surface area contributed by atoms with Crippen molar-refractivity contribution in [3.63, 3.8) is 0 Å². The summed E-state index contributed by atoms with van der Waals surface area (Å²) in [6.07, 6.45) is 5.60. The standard InChI is InChI=1S/C8H16BrN2P/c9-12(10-5-1-2-6-10)11-7-3-4-8-11/h1-8H2. The fourth-order valence-corrected chi connectivity index (χ4v) is 5.40. The van der Waals surface area contributed by atoms with Crippen LogP contribution in [0.2, 0.25) is 0 Å². The van der Waals surface area contributed by atoms with Crippen molar-refractivity contribution in [3.05, 3.63) is 0 Å². The van der Waals surface area contributed by atoms with Gasteiger partial charge < -0.3 is 0 Å². The van der Waals surface area contributed by atoms with E-state index in [1.165, 1.54) is 51.9 Å². The van der Waals surface area contributed by atoms with Gasteiger partial charge in [0.15, 0.2) is 0 Å². The topological polar surface area (TPSA) is 6.48 Å². The molecule has 0 saturated carbocycles. The maximum atomic E-state index is 3.85. The van der Waals surface area contributed by atoms with Crippen molar-refractivity contribution >= 4 is 22.4 Å². The Hall–Kier alpha value is 0.830. The van der Waals surface area contributed by atoms with E-state index < -0.39 is 0 Å². The highest BCUT2D eigenvalue weighted by Crippen LogP contribution is 2.54. The van der Waals surface area contributed by atoms with E-state index in [0.717, 1.165) is 0 Å². The highest BCUT2D eigenvalue weighted by Gasteiger charge is 2.27. The average molecular weight is 251 g/mol. The van der Waals surface area contributed by atoms with Crippen LogP contribution in [0.1, 0.15) is 25.7 Å². The molecule has 0 aliphatic carbocycles. The van der Waals surface area contributed by atoms with Crippen molar-refractivity contribution in [2.45, 2.75) is 25.7 Å². The van der Waals surface area contributed by atoms with Gasteiger partial charge in [-0.05, 0) is 41.2 Å². The van der Waals surface area contributed by atoms with Crippen molar-refractivity contribution < 1.29 is 0 Å². The minimum Gasteiger partial charge on any atom is -0.261 e. The van der Waals surface area contributed by atoms with Crippen LogP contribution >= 0.6 is 22.4 Å². The van der Waals surface area contributed by atoms with Crippen LogP contribution < -0.4 is 0 Å². The first-order chi connectivity index (χ1) is 5.88. The molecule has 2 aliphatic heterocycles. The lowest BCUT2D eigenvalue weighted by Gasteiger charge is -2.29. The highest BCUT2D eigenvalue weighted by atomic mass is 79.9. The van der Waals surface area contributed by atoms with Gasteiger partial charge in [0.25, 0.3) is 0 Å². The van der Waals surface area contributed by atoms with Crippen molar-refractivity contribution in [2.24, 2.45) is 0 Å². The molecule has 0 aromatic heterocycles. The van der Waals surface area contributed by atoms with E-state index in [2.05, 4.69) is 24.8 Å². The molecule has 0 radical (unpaired) electrons. The largest absolute Gasteiger partial charge is 0.261 e. The fourth-order valence-electron chi connectivity index (χ4n) is 1.91. The zero-order chi connectivity index (χ0) is 8.39. The molecule has 70 valence electrons. The summed E-state index contributed by atoms with van der Waals surface area (Å²) >= 11 is 3.85. The predicted molar refractivity (Wildman–Crippen MR) is 57.5 cm³/mol.